The van der Waals surface area contributed by atoms with Crippen molar-refractivity contribution in [1.82, 2.24) is 5.32 Å². The molecule has 0 atom stereocenters. The van der Waals surface area contributed by atoms with Crippen LogP contribution >= 0.6 is 0 Å². The summed E-state index contributed by atoms with van der Waals surface area (Å²) in [6.45, 7) is 4.57. The van der Waals surface area contributed by atoms with Crippen LogP contribution in [0.25, 0.3) is 0 Å². The van der Waals surface area contributed by atoms with Crippen molar-refractivity contribution in [2.45, 2.75) is 32.8 Å². The molecule has 0 unspecified atom stereocenters. The van der Waals surface area contributed by atoms with Gasteiger partial charge in [-0.25, -0.2) is 0 Å². The summed E-state index contributed by atoms with van der Waals surface area (Å²) in [5.41, 5.74) is 1.64. The maximum atomic E-state index is 12.5. The molecule has 2 rings (SSSR count). The van der Waals surface area contributed by atoms with Crippen molar-refractivity contribution in [2.24, 2.45) is 0 Å². The van der Waals surface area contributed by atoms with E-state index in [-0.39, 0.29) is 12.0 Å². The number of benzene rings is 2. The molecule has 0 saturated carbocycles. The molecule has 0 aliphatic heterocycles. The smallest absolute Gasteiger partial charge is 0.251 e. The van der Waals surface area contributed by atoms with Gasteiger partial charge in [0.1, 0.15) is 5.75 Å². The van der Waals surface area contributed by atoms with Crippen molar-refractivity contribution in [3.63, 3.8) is 0 Å². The third kappa shape index (κ3) is 5.81. The number of hydrogen-bond donors (Lipinski definition) is 1. The van der Waals surface area contributed by atoms with Gasteiger partial charge in [0.2, 0.25) is 5.75 Å². The molecular formula is C22H29NO5. The van der Waals surface area contributed by atoms with Crippen molar-refractivity contribution >= 4 is 5.91 Å². The number of aryl methyl sites for hydroxylation is 1. The van der Waals surface area contributed by atoms with Gasteiger partial charge in [0.15, 0.2) is 11.5 Å². The Hall–Kier alpha value is -2.89. The Kier molecular flexibility index (Phi) is 7.99. The summed E-state index contributed by atoms with van der Waals surface area (Å²) >= 11 is 0. The lowest BCUT2D eigenvalue weighted by atomic mass is 10.1. The Labute approximate surface area is 166 Å². The van der Waals surface area contributed by atoms with Gasteiger partial charge in [0, 0.05) is 12.1 Å². The second-order valence-corrected chi connectivity index (χ2v) is 6.59. The molecular weight excluding hydrogens is 358 g/mol. The number of nitrogens with one attached hydrogen (secondary N) is 1. The first-order valence-electron chi connectivity index (χ1n) is 9.32. The predicted octanol–water partition coefficient (Wildman–Crippen LogP) is 3.86. The number of rotatable bonds is 10. The van der Waals surface area contributed by atoms with Crippen molar-refractivity contribution in [3.8, 4) is 23.0 Å². The van der Waals surface area contributed by atoms with Crippen LogP contribution in [0, 0.1) is 0 Å². The number of methoxy groups -OCH3 is 3. The topological polar surface area (TPSA) is 66.0 Å². The van der Waals surface area contributed by atoms with E-state index in [1.165, 1.54) is 26.9 Å². The largest absolute Gasteiger partial charge is 0.493 e. The monoisotopic (exact) mass is 387 g/mol. The van der Waals surface area contributed by atoms with Gasteiger partial charge >= 0.3 is 0 Å². The summed E-state index contributed by atoms with van der Waals surface area (Å²) in [6.07, 6.45) is 1.82. The average molecular weight is 387 g/mol. The van der Waals surface area contributed by atoms with Crippen molar-refractivity contribution in [2.75, 3.05) is 27.9 Å². The highest BCUT2D eigenvalue weighted by molar-refractivity contribution is 5.95. The van der Waals surface area contributed by atoms with E-state index in [2.05, 4.69) is 11.4 Å². The maximum Gasteiger partial charge on any atom is 0.251 e. The highest BCUT2D eigenvalue weighted by Crippen LogP contribution is 2.38. The Bertz CT molecular complexity index is 763. The number of carbonyl (C=O) groups excluding carboxylic acids is 1. The molecule has 0 spiro atoms. The highest BCUT2D eigenvalue weighted by Gasteiger charge is 2.16. The van der Waals surface area contributed by atoms with Gasteiger partial charge < -0.3 is 24.3 Å². The SMILES string of the molecule is COc1cc(C(=O)NCCCc2cccc(OC(C)C)c2)cc(OC)c1OC. The van der Waals surface area contributed by atoms with E-state index in [1.807, 2.05) is 32.0 Å². The zero-order valence-electron chi connectivity index (χ0n) is 17.2. The van der Waals surface area contributed by atoms with Crippen LogP contribution in [0.4, 0.5) is 0 Å². The third-order valence-corrected chi connectivity index (χ3v) is 4.12. The Balaban J connectivity index is 1.92. The van der Waals surface area contributed by atoms with Crippen LogP contribution in [0.3, 0.4) is 0 Å². The number of hydrogen-bond acceptors (Lipinski definition) is 5. The fourth-order valence-electron chi connectivity index (χ4n) is 2.86. The van der Waals surface area contributed by atoms with E-state index in [1.54, 1.807) is 12.1 Å². The number of carbonyl (C=O) groups is 1. The molecule has 0 aromatic heterocycles. The lowest BCUT2D eigenvalue weighted by Gasteiger charge is -2.14. The van der Waals surface area contributed by atoms with Gasteiger partial charge in [-0.15, -0.1) is 0 Å². The predicted molar refractivity (Wildman–Crippen MR) is 109 cm³/mol. The van der Waals surface area contributed by atoms with Gasteiger partial charge in [-0.3, -0.25) is 4.79 Å². The summed E-state index contributed by atoms with van der Waals surface area (Å²) in [5, 5.41) is 2.93. The van der Waals surface area contributed by atoms with Crippen LogP contribution in [0.1, 0.15) is 36.2 Å². The van der Waals surface area contributed by atoms with Gasteiger partial charge in [-0.1, -0.05) is 12.1 Å². The average Bonchev–Trinajstić information content (AvgIpc) is 2.69. The van der Waals surface area contributed by atoms with E-state index in [0.29, 0.717) is 29.4 Å². The fraction of sp³-hybridized carbons (Fsp3) is 0.409. The first-order valence-corrected chi connectivity index (χ1v) is 9.32. The molecule has 2 aromatic rings. The number of amides is 1. The summed E-state index contributed by atoms with van der Waals surface area (Å²) in [6, 6.07) is 11.3. The molecule has 28 heavy (non-hydrogen) atoms. The van der Waals surface area contributed by atoms with Crippen molar-refractivity contribution in [3.05, 3.63) is 47.5 Å². The molecule has 0 bridgehead atoms. The Morgan fingerprint density at radius 3 is 2.25 bits per heavy atom. The van der Waals surface area contributed by atoms with Crippen LogP contribution < -0.4 is 24.3 Å². The van der Waals surface area contributed by atoms with Gasteiger partial charge in [0.25, 0.3) is 5.91 Å². The molecule has 0 aliphatic carbocycles. The zero-order valence-corrected chi connectivity index (χ0v) is 17.2. The molecule has 0 saturated heterocycles. The summed E-state index contributed by atoms with van der Waals surface area (Å²) < 4.78 is 21.6. The second kappa shape index (κ2) is 10.4. The van der Waals surface area contributed by atoms with E-state index >= 15 is 0 Å². The lowest BCUT2D eigenvalue weighted by Crippen LogP contribution is -2.25. The van der Waals surface area contributed by atoms with Crippen LogP contribution in [-0.4, -0.2) is 39.9 Å². The quantitative estimate of drug-likeness (QED) is 0.627. The van der Waals surface area contributed by atoms with Crippen LogP contribution in [0.5, 0.6) is 23.0 Å². The fourth-order valence-corrected chi connectivity index (χ4v) is 2.86. The minimum atomic E-state index is -0.184. The first kappa shape index (κ1) is 21.4. The minimum absolute atomic E-state index is 0.146. The van der Waals surface area contributed by atoms with Crippen molar-refractivity contribution in [1.29, 1.82) is 0 Å². The van der Waals surface area contributed by atoms with E-state index < -0.39 is 0 Å². The summed E-state index contributed by atoms with van der Waals surface area (Å²) in [7, 11) is 4.58. The van der Waals surface area contributed by atoms with Gasteiger partial charge in [-0.05, 0) is 56.5 Å². The summed E-state index contributed by atoms with van der Waals surface area (Å²) in [4.78, 5) is 12.5. The molecule has 0 fully saturated rings. The zero-order chi connectivity index (χ0) is 20.5. The molecule has 0 heterocycles. The van der Waals surface area contributed by atoms with E-state index in [9.17, 15) is 4.79 Å². The molecule has 1 amide bonds. The van der Waals surface area contributed by atoms with Gasteiger partial charge in [0.05, 0.1) is 27.4 Å². The van der Waals surface area contributed by atoms with Crippen molar-refractivity contribution < 1.29 is 23.7 Å². The first-order chi connectivity index (χ1) is 13.5. The molecule has 152 valence electrons. The standard InChI is InChI=1S/C22H29NO5/c1-15(2)28-18-10-6-8-16(12-18)9-7-11-23-22(24)17-13-19(25-3)21(27-5)20(14-17)26-4/h6,8,10,12-15H,7,9,11H2,1-5H3,(H,23,24). The third-order valence-electron chi connectivity index (χ3n) is 4.12. The highest BCUT2D eigenvalue weighted by atomic mass is 16.5. The molecule has 1 N–H and O–H groups in total. The van der Waals surface area contributed by atoms with Crippen LogP contribution in [-0.2, 0) is 6.42 Å². The molecule has 6 heteroatoms. The number of ether oxygens (including phenoxy) is 4. The maximum absolute atomic E-state index is 12.5. The lowest BCUT2D eigenvalue weighted by molar-refractivity contribution is 0.0952. The van der Waals surface area contributed by atoms with E-state index in [0.717, 1.165) is 18.6 Å². The Morgan fingerprint density at radius 2 is 1.68 bits per heavy atom. The molecule has 0 radical (unpaired) electrons. The molecule has 6 nitrogen and oxygen atoms in total. The van der Waals surface area contributed by atoms with E-state index in [4.69, 9.17) is 18.9 Å². The minimum Gasteiger partial charge on any atom is -0.493 e. The normalized spacial score (nSPS) is 10.5. The Morgan fingerprint density at radius 1 is 1.00 bits per heavy atom. The molecule has 0 aliphatic rings. The summed E-state index contributed by atoms with van der Waals surface area (Å²) in [5.74, 6) is 2.05. The second-order valence-electron chi connectivity index (χ2n) is 6.59. The van der Waals surface area contributed by atoms with Crippen LogP contribution in [0.2, 0.25) is 0 Å². The van der Waals surface area contributed by atoms with Crippen LogP contribution in [0.15, 0.2) is 36.4 Å². The molecule has 2 aromatic carbocycles. The van der Waals surface area contributed by atoms with Gasteiger partial charge in [-0.2, -0.15) is 0 Å².